The van der Waals surface area contributed by atoms with Gasteiger partial charge in [0.1, 0.15) is 17.1 Å². The molecule has 2 heterocycles. The lowest BCUT2D eigenvalue weighted by molar-refractivity contribution is -0.0502. The summed E-state index contributed by atoms with van der Waals surface area (Å²) in [4.78, 5) is 18.2. The fraction of sp³-hybridized carbons (Fsp3) is 0.371. The number of benzene rings is 3. The van der Waals surface area contributed by atoms with Gasteiger partial charge in [-0.3, -0.25) is 4.57 Å². The minimum absolute atomic E-state index is 0.0223. The first-order valence-corrected chi connectivity index (χ1v) is 18.0. The van der Waals surface area contributed by atoms with Crippen LogP contribution < -0.4 is 15.7 Å². The molecule has 44 heavy (non-hydrogen) atoms. The van der Waals surface area contributed by atoms with E-state index < -0.39 is 31.9 Å². The van der Waals surface area contributed by atoms with Crippen molar-refractivity contribution in [3.8, 4) is 5.75 Å². The van der Waals surface area contributed by atoms with E-state index in [9.17, 15) is 9.90 Å². The summed E-state index contributed by atoms with van der Waals surface area (Å²) in [6, 6.07) is 29.9. The minimum atomic E-state index is -2.19. The number of rotatable bonds is 10. The van der Waals surface area contributed by atoms with Gasteiger partial charge in [0.25, 0.3) is 0 Å². The molecule has 1 fully saturated rings. The Balaban J connectivity index is 1.57. The average molecular weight is 614 g/mol. The van der Waals surface area contributed by atoms with Crippen molar-refractivity contribution in [2.75, 3.05) is 19.0 Å². The van der Waals surface area contributed by atoms with Crippen LogP contribution in [0.3, 0.4) is 0 Å². The van der Waals surface area contributed by atoms with E-state index in [0.717, 1.165) is 22.4 Å². The van der Waals surface area contributed by atoms with Crippen molar-refractivity contribution in [1.29, 1.82) is 0 Å². The Labute approximate surface area is 260 Å². The molecule has 1 aliphatic rings. The number of nitrogens with zero attached hydrogens (tertiary/aromatic N) is 2. The van der Waals surface area contributed by atoms with Crippen LogP contribution in [0.5, 0.6) is 5.75 Å². The maximum Gasteiger partial charge on any atom is 0.351 e. The van der Waals surface area contributed by atoms with E-state index in [0.29, 0.717) is 12.2 Å². The molecule has 0 radical (unpaired) electrons. The molecule has 0 spiro atoms. The molecule has 5 rings (SSSR count). The first kappa shape index (κ1) is 31.7. The van der Waals surface area contributed by atoms with Crippen molar-refractivity contribution in [2.24, 2.45) is 0 Å². The number of nitrogens with one attached hydrogen (secondary N) is 1. The molecule has 8 nitrogen and oxygen atoms in total. The lowest BCUT2D eigenvalue weighted by Gasteiger charge is -2.39. The van der Waals surface area contributed by atoms with Gasteiger partial charge in [-0.25, -0.2) is 4.79 Å². The summed E-state index contributed by atoms with van der Waals surface area (Å²) >= 11 is 0. The Bertz CT molecular complexity index is 1550. The van der Waals surface area contributed by atoms with Gasteiger partial charge in [0, 0.05) is 12.6 Å². The molecule has 3 aromatic carbocycles. The summed E-state index contributed by atoms with van der Waals surface area (Å²) in [7, 11) is -0.540. The molecule has 0 bridgehead atoms. The molecular weight excluding hydrogens is 570 g/mol. The molecule has 3 atom stereocenters. The molecule has 0 amide bonds. The van der Waals surface area contributed by atoms with Crippen LogP contribution in [0, 0.1) is 0 Å². The lowest BCUT2D eigenvalue weighted by atomic mass is 9.77. The van der Waals surface area contributed by atoms with Gasteiger partial charge >= 0.3 is 5.69 Å². The summed E-state index contributed by atoms with van der Waals surface area (Å²) in [5.74, 6) is 1.16. The predicted octanol–water partition coefficient (Wildman–Crippen LogP) is 6.33. The molecule has 2 N–H and O–H groups in total. The number of methoxy groups -OCH3 is 1. The van der Waals surface area contributed by atoms with Crippen molar-refractivity contribution in [3.63, 3.8) is 0 Å². The number of ether oxygens (including phenoxy) is 2. The third-order valence-corrected chi connectivity index (χ3v) is 13.5. The molecule has 0 aliphatic carbocycles. The highest BCUT2D eigenvalue weighted by Gasteiger charge is 2.45. The summed E-state index contributed by atoms with van der Waals surface area (Å²) in [6.07, 6.45) is 0.725. The largest absolute Gasteiger partial charge is 0.497 e. The van der Waals surface area contributed by atoms with Crippen LogP contribution in [0.4, 0.5) is 5.82 Å². The molecule has 4 aromatic rings. The van der Waals surface area contributed by atoms with Gasteiger partial charge in [0.2, 0.25) is 0 Å². The molecule has 0 saturated carbocycles. The van der Waals surface area contributed by atoms with Crippen molar-refractivity contribution in [1.82, 2.24) is 9.55 Å². The van der Waals surface area contributed by atoms with Gasteiger partial charge in [-0.15, -0.1) is 0 Å². The summed E-state index contributed by atoms with van der Waals surface area (Å²) in [5.41, 5.74) is 1.58. The molecule has 0 unspecified atom stereocenters. The molecule has 232 valence electrons. The molecule has 9 heteroatoms. The van der Waals surface area contributed by atoms with Gasteiger partial charge < -0.3 is 24.3 Å². The van der Waals surface area contributed by atoms with Crippen LogP contribution in [-0.2, 0) is 14.7 Å². The van der Waals surface area contributed by atoms with Crippen LogP contribution in [0.25, 0.3) is 0 Å². The SMILES string of the molecule is COc1ccc(C(Nc2ccn([C@@H]3O[C@H](CO)C[C@H]3O[Si](C)(C)C(C)(C)C)c(=O)n2)(c2ccccc2)c2ccccc2)cc1. The molecule has 1 saturated heterocycles. The van der Waals surface area contributed by atoms with Gasteiger partial charge in [-0.1, -0.05) is 93.6 Å². The Kier molecular flexibility index (Phi) is 9.13. The van der Waals surface area contributed by atoms with Gasteiger partial charge in [-0.05, 0) is 53.0 Å². The Morgan fingerprint density at radius 3 is 2.00 bits per heavy atom. The first-order chi connectivity index (χ1) is 21.0. The first-order valence-electron chi connectivity index (χ1n) is 15.1. The van der Waals surface area contributed by atoms with Crippen LogP contribution in [0.15, 0.2) is 102 Å². The number of anilines is 1. The normalized spacial score (nSPS) is 19.1. The zero-order valence-corrected chi connectivity index (χ0v) is 27.4. The maximum atomic E-state index is 13.7. The summed E-state index contributed by atoms with van der Waals surface area (Å²) in [6.45, 7) is 10.7. The standard InChI is InChI=1S/C35H43N3O5Si/c1-34(2,3)44(5,6)43-30-23-29(24-39)42-32(30)38-22-21-31(36-33(38)40)37-35(25-13-9-7-10-14-25,26-15-11-8-12-16-26)27-17-19-28(41-4)20-18-27/h7-22,29-30,32,39H,23-24H2,1-6H3,(H,36,37,40)/t29-,30+,32+/m0/s1. The van der Waals surface area contributed by atoms with E-state index in [2.05, 4.69) is 68.4 Å². The highest BCUT2D eigenvalue weighted by Crippen LogP contribution is 2.42. The zero-order valence-electron chi connectivity index (χ0n) is 26.4. The van der Waals surface area contributed by atoms with Crippen molar-refractivity contribution in [3.05, 3.63) is 124 Å². The summed E-state index contributed by atoms with van der Waals surface area (Å²) < 4.78 is 19.8. The minimum Gasteiger partial charge on any atom is -0.497 e. The van der Waals surface area contributed by atoms with Crippen LogP contribution in [0.1, 0.15) is 50.1 Å². The molecule has 1 aliphatic heterocycles. The second kappa shape index (κ2) is 12.7. The number of hydrogen-bond donors (Lipinski definition) is 2. The van der Waals surface area contributed by atoms with Crippen LogP contribution in [-0.4, -0.2) is 48.9 Å². The van der Waals surface area contributed by atoms with Gasteiger partial charge in [0.15, 0.2) is 14.5 Å². The van der Waals surface area contributed by atoms with E-state index in [-0.39, 0.29) is 17.7 Å². The fourth-order valence-electron chi connectivity index (χ4n) is 5.54. The monoisotopic (exact) mass is 613 g/mol. The van der Waals surface area contributed by atoms with E-state index in [1.807, 2.05) is 60.7 Å². The van der Waals surface area contributed by atoms with Crippen LogP contribution >= 0.6 is 0 Å². The Morgan fingerprint density at radius 2 is 1.50 bits per heavy atom. The van der Waals surface area contributed by atoms with Crippen molar-refractivity contribution >= 4 is 14.1 Å². The smallest absolute Gasteiger partial charge is 0.351 e. The van der Waals surface area contributed by atoms with E-state index in [1.54, 1.807) is 19.4 Å². The Hall–Kier alpha value is -3.76. The van der Waals surface area contributed by atoms with E-state index in [1.165, 1.54) is 4.57 Å². The third-order valence-electron chi connectivity index (χ3n) is 8.96. The highest BCUT2D eigenvalue weighted by atomic mass is 28.4. The molecule has 1 aromatic heterocycles. The Morgan fingerprint density at radius 1 is 0.932 bits per heavy atom. The maximum absolute atomic E-state index is 13.7. The lowest BCUT2D eigenvalue weighted by Crippen LogP contribution is -2.46. The van der Waals surface area contributed by atoms with Crippen molar-refractivity contribution < 1.29 is 19.0 Å². The number of hydrogen-bond acceptors (Lipinski definition) is 7. The van der Waals surface area contributed by atoms with E-state index in [4.69, 9.17) is 13.9 Å². The van der Waals surface area contributed by atoms with Gasteiger partial charge in [0.05, 0.1) is 25.9 Å². The molecular formula is C35H43N3O5Si. The number of aliphatic hydroxyl groups is 1. The average Bonchev–Trinajstić information content (AvgIpc) is 3.42. The topological polar surface area (TPSA) is 94.8 Å². The van der Waals surface area contributed by atoms with Crippen molar-refractivity contribution in [2.45, 2.75) is 69.3 Å². The second-order valence-corrected chi connectivity index (χ2v) is 17.6. The number of aliphatic hydroxyl groups excluding tert-OH is 1. The fourth-order valence-corrected chi connectivity index (χ4v) is 6.86. The third kappa shape index (κ3) is 6.23. The van der Waals surface area contributed by atoms with Gasteiger partial charge in [-0.2, -0.15) is 4.98 Å². The van der Waals surface area contributed by atoms with Crippen LogP contribution in [0.2, 0.25) is 18.1 Å². The highest BCUT2D eigenvalue weighted by molar-refractivity contribution is 6.74. The van der Waals surface area contributed by atoms with E-state index >= 15 is 0 Å². The number of aromatic nitrogens is 2. The second-order valence-electron chi connectivity index (χ2n) is 12.8. The predicted molar refractivity (Wildman–Crippen MR) is 176 cm³/mol. The quantitative estimate of drug-likeness (QED) is 0.160. The summed E-state index contributed by atoms with van der Waals surface area (Å²) in [5, 5.41) is 13.5. The zero-order chi connectivity index (χ0) is 31.5.